The molecule has 0 unspecified atom stereocenters. The van der Waals surface area contributed by atoms with Gasteiger partial charge in [-0.3, -0.25) is 14.2 Å². The number of nitrogens with zero attached hydrogens (tertiary/aromatic N) is 1. The highest BCUT2D eigenvalue weighted by Gasteiger charge is 2.16. The molecule has 0 bridgehead atoms. The van der Waals surface area contributed by atoms with E-state index in [1.165, 1.54) is 4.57 Å². The quantitative estimate of drug-likeness (QED) is 0.318. The lowest BCUT2D eigenvalue weighted by Crippen LogP contribution is -2.32. The van der Waals surface area contributed by atoms with Crippen molar-refractivity contribution in [2.24, 2.45) is 0 Å². The molecule has 1 aromatic heterocycles. The Morgan fingerprint density at radius 1 is 1.21 bits per heavy atom. The van der Waals surface area contributed by atoms with Gasteiger partial charge in [0.15, 0.2) is 4.77 Å². The maximum atomic E-state index is 12.8. The van der Waals surface area contributed by atoms with Crippen LogP contribution >= 0.6 is 12.2 Å². The highest BCUT2D eigenvalue weighted by molar-refractivity contribution is 7.88. The molecule has 174 valence electrons. The molecule has 1 heterocycles. The molecule has 0 radical (unpaired) electrons. The zero-order valence-corrected chi connectivity index (χ0v) is 20.1. The molecule has 0 saturated carbocycles. The molecule has 2 aromatic carbocycles. The first kappa shape index (κ1) is 24.6. The standard InChI is InChI=1S/C23H26N4O4S2/c1-4-11-27-22(29)19-10-9-16(12-20(19)25-23(27)32)21(28)24-13-17-7-5-6-8-18(17)14-33(30,31)26-15(2)3/h4-10,12,15,26H,1,11,13-14H2,2-3H3,(H,24,28)(H,25,32). The van der Waals surface area contributed by atoms with Crippen LogP contribution in [-0.2, 0) is 28.9 Å². The van der Waals surface area contributed by atoms with Crippen LogP contribution in [0.3, 0.4) is 0 Å². The van der Waals surface area contributed by atoms with E-state index in [1.54, 1.807) is 62.4 Å². The van der Waals surface area contributed by atoms with E-state index in [2.05, 4.69) is 21.6 Å². The number of hydrogen-bond acceptors (Lipinski definition) is 5. The number of aromatic amines is 1. The van der Waals surface area contributed by atoms with Crippen LogP contribution in [0.1, 0.15) is 35.3 Å². The summed E-state index contributed by atoms with van der Waals surface area (Å²) in [5.74, 6) is -0.537. The smallest absolute Gasteiger partial charge is 0.262 e. The van der Waals surface area contributed by atoms with Gasteiger partial charge in [0.1, 0.15) is 0 Å². The van der Waals surface area contributed by atoms with Crippen molar-refractivity contribution in [3.63, 3.8) is 0 Å². The van der Waals surface area contributed by atoms with E-state index < -0.39 is 10.0 Å². The third kappa shape index (κ3) is 6.04. The Labute approximate surface area is 197 Å². The van der Waals surface area contributed by atoms with E-state index in [4.69, 9.17) is 12.2 Å². The number of fused-ring (bicyclic) bond motifs is 1. The van der Waals surface area contributed by atoms with Crippen LogP contribution in [0, 0.1) is 4.77 Å². The molecular formula is C23H26N4O4S2. The Bertz CT molecular complexity index is 1420. The number of carbonyl (C=O) groups excluding carboxylic acids is 1. The number of aromatic nitrogens is 2. The fraction of sp³-hybridized carbons (Fsp3) is 0.261. The Kier molecular flexibility index (Phi) is 7.62. The topological polar surface area (TPSA) is 113 Å². The Morgan fingerprint density at radius 2 is 1.91 bits per heavy atom. The summed E-state index contributed by atoms with van der Waals surface area (Å²) in [7, 11) is -3.50. The second-order valence-electron chi connectivity index (χ2n) is 7.88. The van der Waals surface area contributed by atoms with Gasteiger partial charge in [-0.2, -0.15) is 0 Å². The van der Waals surface area contributed by atoms with Crippen molar-refractivity contribution in [1.82, 2.24) is 19.6 Å². The minimum absolute atomic E-state index is 0.154. The van der Waals surface area contributed by atoms with Crippen LogP contribution in [0.25, 0.3) is 10.9 Å². The summed E-state index contributed by atoms with van der Waals surface area (Å²) >= 11 is 5.24. The highest BCUT2D eigenvalue weighted by Crippen LogP contribution is 2.14. The first-order valence-corrected chi connectivity index (χ1v) is 12.4. The van der Waals surface area contributed by atoms with E-state index in [0.29, 0.717) is 27.6 Å². The van der Waals surface area contributed by atoms with Gasteiger partial charge in [0.2, 0.25) is 10.0 Å². The fourth-order valence-corrected chi connectivity index (χ4v) is 5.20. The van der Waals surface area contributed by atoms with Crippen LogP contribution in [0.5, 0.6) is 0 Å². The van der Waals surface area contributed by atoms with Gasteiger partial charge in [0, 0.05) is 24.7 Å². The predicted molar refractivity (Wildman–Crippen MR) is 132 cm³/mol. The second-order valence-corrected chi connectivity index (χ2v) is 10.0. The molecule has 1 amide bonds. The number of benzene rings is 2. The molecular weight excluding hydrogens is 460 g/mol. The van der Waals surface area contributed by atoms with Crippen molar-refractivity contribution >= 4 is 39.1 Å². The van der Waals surface area contributed by atoms with Crippen LogP contribution in [0.15, 0.2) is 59.9 Å². The molecule has 0 fully saturated rings. The van der Waals surface area contributed by atoms with Crippen LogP contribution in [0.4, 0.5) is 0 Å². The van der Waals surface area contributed by atoms with Crippen LogP contribution < -0.4 is 15.6 Å². The Balaban J connectivity index is 1.80. The molecule has 0 atom stereocenters. The SMILES string of the molecule is C=CCn1c(=S)[nH]c2cc(C(=O)NCc3ccccc3CS(=O)(=O)NC(C)C)ccc2c1=O. The molecule has 33 heavy (non-hydrogen) atoms. The average molecular weight is 487 g/mol. The molecule has 3 N–H and O–H groups in total. The van der Waals surface area contributed by atoms with Crippen molar-refractivity contribution in [2.75, 3.05) is 0 Å². The number of amides is 1. The number of carbonyl (C=O) groups is 1. The largest absolute Gasteiger partial charge is 0.348 e. The number of hydrogen-bond donors (Lipinski definition) is 3. The molecule has 8 nitrogen and oxygen atoms in total. The molecule has 0 spiro atoms. The van der Waals surface area contributed by atoms with Crippen LogP contribution in [0.2, 0.25) is 0 Å². The Hall–Kier alpha value is -3.08. The molecule has 0 aliphatic rings. The third-order valence-electron chi connectivity index (χ3n) is 4.87. The van der Waals surface area contributed by atoms with E-state index in [1.807, 2.05) is 0 Å². The minimum Gasteiger partial charge on any atom is -0.348 e. The molecule has 0 aliphatic carbocycles. The molecule has 3 aromatic rings. The number of sulfonamides is 1. The fourth-order valence-electron chi connectivity index (χ4n) is 3.44. The minimum atomic E-state index is -3.50. The van der Waals surface area contributed by atoms with E-state index >= 15 is 0 Å². The van der Waals surface area contributed by atoms with Crippen molar-refractivity contribution in [3.8, 4) is 0 Å². The zero-order chi connectivity index (χ0) is 24.2. The van der Waals surface area contributed by atoms with Crippen molar-refractivity contribution in [3.05, 3.63) is 86.9 Å². The van der Waals surface area contributed by atoms with Gasteiger partial charge in [-0.1, -0.05) is 30.3 Å². The first-order valence-electron chi connectivity index (χ1n) is 10.3. The van der Waals surface area contributed by atoms with Gasteiger partial charge in [-0.05, 0) is 55.4 Å². The second kappa shape index (κ2) is 10.2. The van der Waals surface area contributed by atoms with E-state index in [0.717, 1.165) is 0 Å². The maximum absolute atomic E-state index is 12.8. The number of H-pyrrole nitrogens is 1. The van der Waals surface area contributed by atoms with E-state index in [9.17, 15) is 18.0 Å². The summed E-state index contributed by atoms with van der Waals surface area (Å²) in [4.78, 5) is 28.4. The van der Waals surface area contributed by atoms with Crippen molar-refractivity contribution < 1.29 is 13.2 Å². The van der Waals surface area contributed by atoms with Gasteiger partial charge < -0.3 is 10.3 Å². The first-order chi connectivity index (χ1) is 15.6. The van der Waals surface area contributed by atoms with Gasteiger partial charge in [-0.15, -0.1) is 6.58 Å². The molecule has 0 saturated heterocycles. The maximum Gasteiger partial charge on any atom is 0.262 e. The average Bonchev–Trinajstić information content (AvgIpc) is 2.74. The van der Waals surface area contributed by atoms with Crippen molar-refractivity contribution in [1.29, 1.82) is 0 Å². The van der Waals surface area contributed by atoms with Gasteiger partial charge in [-0.25, -0.2) is 13.1 Å². The normalized spacial score (nSPS) is 11.6. The van der Waals surface area contributed by atoms with Gasteiger partial charge in [0.05, 0.1) is 16.7 Å². The lowest BCUT2D eigenvalue weighted by atomic mass is 10.1. The summed E-state index contributed by atoms with van der Waals surface area (Å²) in [6.45, 7) is 7.59. The molecule has 0 aliphatic heterocycles. The monoisotopic (exact) mass is 486 g/mol. The Morgan fingerprint density at radius 3 is 2.58 bits per heavy atom. The molecule has 3 rings (SSSR count). The van der Waals surface area contributed by atoms with Crippen molar-refractivity contribution in [2.45, 2.75) is 38.7 Å². The van der Waals surface area contributed by atoms with Gasteiger partial charge >= 0.3 is 0 Å². The third-order valence-corrected chi connectivity index (χ3v) is 6.72. The summed E-state index contributed by atoms with van der Waals surface area (Å²) in [5.41, 5.74) is 1.86. The van der Waals surface area contributed by atoms with Gasteiger partial charge in [0.25, 0.3) is 11.5 Å². The lowest BCUT2D eigenvalue weighted by molar-refractivity contribution is 0.0951. The lowest BCUT2D eigenvalue weighted by Gasteiger charge is -2.13. The summed E-state index contributed by atoms with van der Waals surface area (Å²) in [6, 6.07) is 11.6. The number of rotatable bonds is 9. The number of nitrogens with one attached hydrogen (secondary N) is 3. The zero-order valence-electron chi connectivity index (χ0n) is 18.4. The predicted octanol–water partition coefficient (Wildman–Crippen LogP) is 3.00. The number of allylic oxidation sites excluding steroid dienone is 1. The van der Waals surface area contributed by atoms with E-state index in [-0.39, 0.29) is 41.1 Å². The summed E-state index contributed by atoms with van der Waals surface area (Å²) in [6.07, 6.45) is 1.58. The van der Waals surface area contributed by atoms with Crippen LogP contribution in [-0.4, -0.2) is 29.9 Å². The highest BCUT2D eigenvalue weighted by atomic mass is 32.2. The molecule has 10 heteroatoms. The summed E-state index contributed by atoms with van der Waals surface area (Å²) < 4.78 is 28.8. The summed E-state index contributed by atoms with van der Waals surface area (Å²) in [5, 5.41) is 3.23.